The molecule has 0 radical (unpaired) electrons. The van der Waals surface area contributed by atoms with Gasteiger partial charge in [-0.15, -0.1) is 0 Å². The van der Waals surface area contributed by atoms with E-state index < -0.39 is 0 Å². The third kappa shape index (κ3) is 4.32. The van der Waals surface area contributed by atoms with Gasteiger partial charge in [-0.3, -0.25) is 0 Å². The Bertz CT molecular complexity index is 860. The van der Waals surface area contributed by atoms with Gasteiger partial charge in [0.25, 0.3) is 0 Å². The summed E-state index contributed by atoms with van der Waals surface area (Å²) in [6.45, 7) is 6.22. The molecule has 5 heteroatoms. The Morgan fingerprint density at radius 3 is 2.36 bits per heavy atom. The molecule has 3 aromatic rings. The molecule has 4 nitrogen and oxygen atoms in total. The van der Waals surface area contributed by atoms with Gasteiger partial charge < -0.3 is 10.6 Å². The summed E-state index contributed by atoms with van der Waals surface area (Å²) in [6, 6.07) is 16.2. The van der Waals surface area contributed by atoms with Crippen LogP contribution in [0.4, 0.5) is 27.5 Å². The van der Waals surface area contributed by atoms with Crippen LogP contribution in [0, 0.1) is 12.7 Å². The molecule has 25 heavy (non-hydrogen) atoms. The smallest absolute Gasteiger partial charge is 0.229 e. The zero-order valence-corrected chi connectivity index (χ0v) is 14.5. The molecule has 0 fully saturated rings. The Morgan fingerprint density at radius 1 is 0.920 bits per heavy atom. The van der Waals surface area contributed by atoms with Gasteiger partial charge in [-0.05, 0) is 48.7 Å². The van der Waals surface area contributed by atoms with Crippen molar-refractivity contribution in [3.8, 4) is 0 Å². The summed E-state index contributed by atoms with van der Waals surface area (Å²) in [5.74, 6) is 1.31. The molecule has 1 aromatic heterocycles. The van der Waals surface area contributed by atoms with Crippen molar-refractivity contribution in [2.75, 3.05) is 10.6 Å². The molecule has 0 saturated heterocycles. The highest BCUT2D eigenvalue weighted by molar-refractivity contribution is 5.62. The molecule has 0 aliphatic carbocycles. The molecule has 0 unspecified atom stereocenters. The Hall–Kier alpha value is -2.95. The highest BCUT2D eigenvalue weighted by Gasteiger charge is 2.09. The summed E-state index contributed by atoms with van der Waals surface area (Å²) in [5, 5.41) is 6.49. The van der Waals surface area contributed by atoms with Gasteiger partial charge in [0.05, 0.1) is 0 Å². The van der Waals surface area contributed by atoms with Crippen molar-refractivity contribution in [3.63, 3.8) is 0 Å². The minimum absolute atomic E-state index is 0.267. The van der Waals surface area contributed by atoms with E-state index in [0.29, 0.717) is 17.7 Å². The van der Waals surface area contributed by atoms with Gasteiger partial charge in [0.1, 0.15) is 11.6 Å². The van der Waals surface area contributed by atoms with Gasteiger partial charge in [-0.2, -0.15) is 4.98 Å². The molecule has 2 aromatic carbocycles. The summed E-state index contributed by atoms with van der Waals surface area (Å²) in [7, 11) is 0. The largest absolute Gasteiger partial charge is 0.340 e. The van der Waals surface area contributed by atoms with E-state index in [0.717, 1.165) is 17.1 Å². The van der Waals surface area contributed by atoms with E-state index in [1.54, 1.807) is 12.1 Å². The average molecular weight is 336 g/mol. The second-order valence-corrected chi connectivity index (χ2v) is 6.22. The van der Waals surface area contributed by atoms with E-state index >= 15 is 0 Å². The Labute approximate surface area is 147 Å². The van der Waals surface area contributed by atoms with E-state index in [2.05, 4.69) is 40.5 Å². The van der Waals surface area contributed by atoms with Crippen LogP contribution in [0.15, 0.2) is 54.6 Å². The van der Waals surface area contributed by atoms with Crippen molar-refractivity contribution in [2.45, 2.75) is 26.7 Å². The van der Waals surface area contributed by atoms with Crippen LogP contribution in [-0.2, 0) is 0 Å². The quantitative estimate of drug-likeness (QED) is 0.643. The van der Waals surface area contributed by atoms with Crippen LogP contribution in [-0.4, -0.2) is 9.97 Å². The highest BCUT2D eigenvalue weighted by atomic mass is 19.1. The van der Waals surface area contributed by atoms with Crippen LogP contribution in [0.5, 0.6) is 0 Å². The van der Waals surface area contributed by atoms with Crippen LogP contribution < -0.4 is 10.6 Å². The molecular formula is C20H21FN4. The number of anilines is 4. The van der Waals surface area contributed by atoms with Gasteiger partial charge in [0.2, 0.25) is 5.95 Å². The van der Waals surface area contributed by atoms with Gasteiger partial charge >= 0.3 is 0 Å². The van der Waals surface area contributed by atoms with Crippen molar-refractivity contribution in [2.24, 2.45) is 0 Å². The van der Waals surface area contributed by atoms with Crippen LogP contribution in [0.2, 0.25) is 0 Å². The van der Waals surface area contributed by atoms with Crippen LogP contribution >= 0.6 is 0 Å². The summed E-state index contributed by atoms with van der Waals surface area (Å²) >= 11 is 0. The van der Waals surface area contributed by atoms with E-state index in [1.807, 2.05) is 31.2 Å². The zero-order chi connectivity index (χ0) is 17.8. The molecule has 0 saturated carbocycles. The van der Waals surface area contributed by atoms with Crippen LogP contribution in [0.3, 0.4) is 0 Å². The lowest BCUT2D eigenvalue weighted by Gasteiger charge is -2.14. The number of nitrogens with one attached hydrogen (secondary N) is 2. The maximum Gasteiger partial charge on any atom is 0.229 e. The maximum atomic E-state index is 13.0. The van der Waals surface area contributed by atoms with Gasteiger partial charge in [0, 0.05) is 23.1 Å². The zero-order valence-electron chi connectivity index (χ0n) is 14.5. The molecular weight excluding hydrogens is 315 g/mol. The molecule has 1 heterocycles. The SMILES string of the molecule is Cc1cc(Nc2ccc(F)cc2)nc(Nc2ccccc2C(C)C)n1. The van der Waals surface area contributed by atoms with E-state index in [-0.39, 0.29) is 5.82 Å². The molecule has 0 spiro atoms. The predicted octanol–water partition coefficient (Wildman–Crippen LogP) is 5.53. The van der Waals surface area contributed by atoms with Gasteiger partial charge in [-0.1, -0.05) is 32.0 Å². The lowest BCUT2D eigenvalue weighted by Crippen LogP contribution is -2.04. The molecule has 128 valence electrons. The number of hydrogen-bond donors (Lipinski definition) is 2. The van der Waals surface area contributed by atoms with Gasteiger partial charge in [0.15, 0.2) is 0 Å². The topological polar surface area (TPSA) is 49.8 Å². The average Bonchev–Trinajstić information content (AvgIpc) is 2.57. The van der Waals surface area contributed by atoms with E-state index in [1.165, 1.54) is 17.7 Å². The number of para-hydroxylation sites is 1. The highest BCUT2D eigenvalue weighted by Crippen LogP contribution is 2.26. The fourth-order valence-electron chi connectivity index (χ4n) is 2.60. The summed E-state index contributed by atoms with van der Waals surface area (Å²) < 4.78 is 13.0. The molecule has 2 N–H and O–H groups in total. The minimum atomic E-state index is -0.267. The summed E-state index contributed by atoms with van der Waals surface area (Å²) in [6.07, 6.45) is 0. The number of halogens is 1. The molecule has 3 rings (SSSR count). The van der Waals surface area contributed by atoms with Gasteiger partial charge in [-0.25, -0.2) is 9.37 Å². The standard InChI is InChI=1S/C20H21FN4/c1-13(2)17-6-4-5-7-18(17)24-20-22-14(3)12-19(25-20)23-16-10-8-15(21)9-11-16/h4-13H,1-3H3,(H2,22,23,24,25). The van der Waals surface area contributed by atoms with Crippen molar-refractivity contribution in [3.05, 3.63) is 71.7 Å². The third-order valence-electron chi connectivity index (χ3n) is 3.80. The van der Waals surface area contributed by atoms with Crippen LogP contribution in [0.25, 0.3) is 0 Å². The first-order valence-corrected chi connectivity index (χ1v) is 8.25. The summed E-state index contributed by atoms with van der Waals surface area (Å²) in [5.41, 5.74) is 3.81. The Kier molecular flexibility index (Phi) is 4.93. The Morgan fingerprint density at radius 2 is 1.64 bits per heavy atom. The monoisotopic (exact) mass is 336 g/mol. The Balaban J connectivity index is 1.86. The van der Waals surface area contributed by atoms with Crippen molar-refractivity contribution >= 4 is 23.1 Å². The molecule has 0 aliphatic heterocycles. The van der Waals surface area contributed by atoms with Crippen LogP contribution in [0.1, 0.15) is 31.0 Å². The first kappa shape index (κ1) is 16.9. The van der Waals surface area contributed by atoms with Crippen molar-refractivity contribution in [1.82, 2.24) is 9.97 Å². The maximum absolute atomic E-state index is 13.0. The number of hydrogen-bond acceptors (Lipinski definition) is 4. The third-order valence-corrected chi connectivity index (χ3v) is 3.80. The second kappa shape index (κ2) is 7.30. The van der Waals surface area contributed by atoms with E-state index in [9.17, 15) is 4.39 Å². The minimum Gasteiger partial charge on any atom is -0.340 e. The molecule has 0 atom stereocenters. The second-order valence-electron chi connectivity index (χ2n) is 6.22. The fraction of sp³-hybridized carbons (Fsp3) is 0.200. The lowest BCUT2D eigenvalue weighted by atomic mass is 10.0. The van der Waals surface area contributed by atoms with Crippen molar-refractivity contribution < 1.29 is 4.39 Å². The number of nitrogens with zero attached hydrogens (tertiary/aromatic N) is 2. The number of aromatic nitrogens is 2. The van der Waals surface area contributed by atoms with E-state index in [4.69, 9.17) is 0 Å². The first-order chi connectivity index (χ1) is 12.0. The predicted molar refractivity (Wildman–Crippen MR) is 100 cm³/mol. The number of benzene rings is 2. The molecule has 0 amide bonds. The normalized spacial score (nSPS) is 10.8. The fourth-order valence-corrected chi connectivity index (χ4v) is 2.60. The van der Waals surface area contributed by atoms with Crippen molar-refractivity contribution in [1.29, 1.82) is 0 Å². The lowest BCUT2D eigenvalue weighted by molar-refractivity contribution is 0.628. The molecule has 0 bridgehead atoms. The molecule has 0 aliphatic rings. The first-order valence-electron chi connectivity index (χ1n) is 8.25. The number of rotatable bonds is 5. The summed E-state index contributed by atoms with van der Waals surface area (Å²) in [4.78, 5) is 8.98. The number of aryl methyl sites for hydroxylation is 1.